The van der Waals surface area contributed by atoms with E-state index in [2.05, 4.69) is 297 Å². The molecule has 0 aliphatic carbocycles. The Kier molecular flexibility index (Phi) is 13.3. The third-order valence-electron chi connectivity index (χ3n) is 15.8. The predicted octanol–water partition coefficient (Wildman–Crippen LogP) is 20.7. The number of hydrogen-bond donors (Lipinski definition) is 0. The van der Waals surface area contributed by atoms with E-state index >= 15 is 0 Å². The van der Waals surface area contributed by atoms with Crippen LogP contribution in [0.2, 0.25) is 0 Å². The van der Waals surface area contributed by atoms with E-state index in [1.807, 2.05) is 18.3 Å². The van der Waals surface area contributed by atoms with Gasteiger partial charge in [-0.25, -0.2) is 4.98 Å². The van der Waals surface area contributed by atoms with Crippen LogP contribution in [0.15, 0.2) is 271 Å². The van der Waals surface area contributed by atoms with E-state index in [0.29, 0.717) is 11.5 Å². The first-order valence-corrected chi connectivity index (χ1v) is 28.6. The molecule has 7 heteroatoms. The summed E-state index contributed by atoms with van der Waals surface area (Å²) in [6.45, 7) is 8.97. The Morgan fingerprint density at radius 3 is 1.53 bits per heavy atom. The fraction of sp³-hybridized carbons (Fsp3) is 0.0526. The van der Waals surface area contributed by atoms with Crippen LogP contribution in [-0.2, 0) is 26.5 Å². The zero-order valence-electron chi connectivity index (χ0n) is 45.8. The molecule has 0 fully saturated rings. The molecule has 0 N–H and O–H groups in total. The van der Waals surface area contributed by atoms with Crippen molar-refractivity contribution in [1.29, 1.82) is 0 Å². The summed E-state index contributed by atoms with van der Waals surface area (Å²) in [5.74, 6) is 2.03. The summed E-state index contributed by atoms with van der Waals surface area (Å²) in [6, 6.07) is 99.1. The zero-order valence-corrected chi connectivity index (χ0v) is 48.9. The molecule has 15 rings (SSSR count). The first-order chi connectivity index (χ1) is 40.3. The van der Waals surface area contributed by atoms with Crippen LogP contribution >= 0.6 is 11.8 Å². The number of rotatable bonds is 10. The van der Waals surface area contributed by atoms with Crippen LogP contribution in [0, 0.1) is 18.8 Å². The fourth-order valence-corrected chi connectivity index (χ4v) is 12.9. The molecule has 83 heavy (non-hydrogen) atoms. The normalized spacial score (nSPS) is 12.5. The van der Waals surface area contributed by atoms with Gasteiger partial charge < -0.3 is 19.1 Å². The third kappa shape index (κ3) is 9.52. The summed E-state index contributed by atoms with van der Waals surface area (Å²) >= 11 is 1.77. The quantitative estimate of drug-likeness (QED) is 0.127. The minimum Gasteiger partial charge on any atom is -0.509 e. The van der Waals surface area contributed by atoms with Crippen LogP contribution in [-0.4, -0.2) is 9.55 Å². The van der Waals surface area contributed by atoms with Gasteiger partial charge in [0.2, 0.25) is 0 Å². The number of hydrogen-bond acceptors (Lipinski definition) is 5. The van der Waals surface area contributed by atoms with Crippen molar-refractivity contribution in [2.75, 3.05) is 9.80 Å². The second-order valence-corrected chi connectivity index (χ2v) is 23.2. The van der Waals surface area contributed by atoms with E-state index in [9.17, 15) is 0 Å². The standard InChI is InChI=1S/C76H53N4OS.Pt/c1-76(2,3)60-38-39-77-73(46-60)80-67-31-17-16-28-65(67)66-36-34-61(47-69(66)80)81-62-35-37-71-70(48-62)79-49-78(68-32-19-33-72(82-71)75(68)79)74-63(58-42-54(50-20-8-4-9-21-50)40-55(43-58)51-22-10-5-11-23-51)29-18-30-64(74)59-44-56(52-24-12-6-13-25-52)41-57(45-59)53-26-14-7-15-27-53;/h4-46,49H,1-3H3;/q-3;. The predicted molar refractivity (Wildman–Crippen MR) is 340 cm³/mol. The molecule has 0 bridgehead atoms. The molecule has 2 aliphatic rings. The van der Waals surface area contributed by atoms with Crippen molar-refractivity contribution >= 4 is 56.3 Å². The minimum absolute atomic E-state index is 0. The Bertz CT molecular complexity index is 4330. The van der Waals surface area contributed by atoms with E-state index in [1.165, 1.54) is 5.56 Å². The van der Waals surface area contributed by atoms with Gasteiger partial charge in [0.25, 0.3) is 0 Å². The summed E-state index contributed by atoms with van der Waals surface area (Å²) in [7, 11) is 0. The smallest absolute Gasteiger partial charge is 0.135 e. The first kappa shape index (κ1) is 51.9. The van der Waals surface area contributed by atoms with Gasteiger partial charge in [0, 0.05) is 77.4 Å². The molecule has 13 aromatic rings. The first-order valence-electron chi connectivity index (χ1n) is 27.8. The Hall–Kier alpha value is -9.19. The average molecular weight is 1270 g/mol. The van der Waals surface area contributed by atoms with Gasteiger partial charge in [-0.2, -0.15) is 23.9 Å². The number of aromatic nitrogens is 2. The van der Waals surface area contributed by atoms with Crippen molar-refractivity contribution in [1.82, 2.24) is 9.55 Å². The van der Waals surface area contributed by atoms with Gasteiger partial charge in [0.05, 0.1) is 0 Å². The number of nitrogens with zero attached hydrogens (tertiary/aromatic N) is 4. The summed E-state index contributed by atoms with van der Waals surface area (Å²) in [4.78, 5) is 11.9. The van der Waals surface area contributed by atoms with E-state index in [4.69, 9.17) is 9.72 Å². The number of ether oxygens (including phenoxy) is 1. The molecule has 0 atom stereocenters. The Balaban J connectivity index is 0.00000614. The number of para-hydroxylation sites is 3. The maximum atomic E-state index is 6.86. The van der Waals surface area contributed by atoms with E-state index in [1.54, 1.807) is 11.8 Å². The Morgan fingerprint density at radius 2 is 0.952 bits per heavy atom. The number of pyridine rings is 1. The Labute approximate surface area is 503 Å². The van der Waals surface area contributed by atoms with Crippen LogP contribution in [0.3, 0.4) is 0 Å². The van der Waals surface area contributed by atoms with E-state index < -0.39 is 0 Å². The molecule has 5 nitrogen and oxygen atoms in total. The number of benzene rings is 11. The Morgan fingerprint density at radius 1 is 0.434 bits per heavy atom. The monoisotopic (exact) mass is 1260 g/mol. The SMILES string of the molecule is CC(C)(C)c1ccnc(-n2c3[c-]c(Oc4[c-]c5c(cc4)Sc4cccc6c4N5[CH-]N6c4c(-c5cc(-c6ccccc6)cc(-c6ccccc6)c5)cccc4-c4cc(-c5ccccc5)cc(-c5ccccc5)c4)ccc3c3ccccc32)c1.[Pt]. The molecule has 2 aliphatic heterocycles. The van der Waals surface area contributed by atoms with Gasteiger partial charge in [0.1, 0.15) is 5.82 Å². The largest absolute Gasteiger partial charge is 0.509 e. The molecule has 4 heterocycles. The van der Waals surface area contributed by atoms with Crippen LogP contribution in [0.1, 0.15) is 26.3 Å². The summed E-state index contributed by atoms with van der Waals surface area (Å²) in [5.41, 5.74) is 20.9. The maximum Gasteiger partial charge on any atom is 0.135 e. The average Bonchev–Trinajstić information content (AvgIpc) is 4.32. The molecule has 2 aromatic heterocycles. The molecule has 0 saturated carbocycles. The molecule has 11 aromatic carbocycles. The van der Waals surface area contributed by atoms with Crippen molar-refractivity contribution in [3.8, 4) is 84.1 Å². The van der Waals surface area contributed by atoms with Crippen molar-refractivity contribution < 1.29 is 25.8 Å². The number of anilines is 4. The summed E-state index contributed by atoms with van der Waals surface area (Å²) in [6.07, 6.45) is 1.91. The molecule has 0 spiro atoms. The second-order valence-electron chi connectivity index (χ2n) is 22.1. The summed E-state index contributed by atoms with van der Waals surface area (Å²) in [5, 5.41) is 2.22. The van der Waals surface area contributed by atoms with Crippen LogP contribution in [0.4, 0.5) is 22.7 Å². The topological polar surface area (TPSA) is 33.5 Å². The number of fused-ring (bicyclic) bond motifs is 5. The van der Waals surface area contributed by atoms with Crippen LogP contribution in [0.25, 0.3) is 94.4 Å². The van der Waals surface area contributed by atoms with Crippen LogP contribution < -0.4 is 14.5 Å². The van der Waals surface area contributed by atoms with Crippen molar-refractivity contribution in [2.45, 2.75) is 36.0 Å². The molecular formula is C76H53N4OPtS-3. The molecule has 0 amide bonds. The minimum atomic E-state index is -0.0477. The van der Waals surface area contributed by atoms with Crippen molar-refractivity contribution in [3.63, 3.8) is 0 Å². The second kappa shape index (κ2) is 21.3. The maximum absolute atomic E-state index is 6.86. The molecule has 0 saturated heterocycles. The van der Waals surface area contributed by atoms with E-state index in [0.717, 1.165) is 127 Å². The van der Waals surface area contributed by atoms with Crippen molar-refractivity contribution in [3.05, 3.63) is 285 Å². The van der Waals surface area contributed by atoms with Gasteiger partial charge in [-0.1, -0.05) is 201 Å². The van der Waals surface area contributed by atoms with Crippen LogP contribution in [0.5, 0.6) is 11.5 Å². The van der Waals surface area contributed by atoms with Gasteiger partial charge >= 0.3 is 0 Å². The van der Waals surface area contributed by atoms with Gasteiger partial charge in [-0.15, -0.1) is 36.3 Å². The van der Waals surface area contributed by atoms with Gasteiger partial charge in [-0.3, -0.25) is 0 Å². The van der Waals surface area contributed by atoms with Gasteiger partial charge in [0.15, 0.2) is 0 Å². The van der Waals surface area contributed by atoms with Crippen molar-refractivity contribution in [2.24, 2.45) is 0 Å². The summed E-state index contributed by atoms with van der Waals surface area (Å²) < 4.78 is 9.07. The zero-order chi connectivity index (χ0) is 54.9. The molecule has 402 valence electrons. The molecule has 0 radical (unpaired) electrons. The van der Waals surface area contributed by atoms with Gasteiger partial charge in [-0.05, 0) is 139 Å². The molecule has 0 unspecified atom stereocenters. The third-order valence-corrected chi connectivity index (χ3v) is 16.9. The fourth-order valence-electron chi connectivity index (χ4n) is 11.8. The van der Waals surface area contributed by atoms with E-state index in [-0.39, 0.29) is 26.5 Å². The molecular weight excluding hydrogens is 1210 g/mol.